The van der Waals surface area contributed by atoms with Crippen LogP contribution in [0.2, 0.25) is 0 Å². The van der Waals surface area contributed by atoms with Crippen LogP contribution >= 0.6 is 11.3 Å². The largest absolute Gasteiger partial charge is 0.316 e. The normalized spacial score (nSPS) is 15.4. The van der Waals surface area contributed by atoms with Gasteiger partial charge in [-0.3, -0.25) is 0 Å². The number of piperidine rings is 1. The molecule has 1 aromatic heterocycles. The van der Waals surface area contributed by atoms with Crippen LogP contribution in [0.3, 0.4) is 0 Å². The van der Waals surface area contributed by atoms with Crippen molar-refractivity contribution >= 4 is 27.0 Å². The number of sulfonamides is 1. The van der Waals surface area contributed by atoms with Gasteiger partial charge in [0.25, 0.3) is 0 Å². The van der Waals surface area contributed by atoms with Crippen LogP contribution < -0.4 is 4.80 Å². The summed E-state index contributed by atoms with van der Waals surface area (Å²) in [6.07, 6.45) is 7.50. The summed E-state index contributed by atoms with van der Waals surface area (Å²) >= 11 is 1.64. The molecular weight excluding hydrogens is 547 g/mol. The topological polar surface area (TPSA) is 54.7 Å². The van der Waals surface area contributed by atoms with Crippen LogP contribution in [0.4, 0.5) is 5.69 Å². The Morgan fingerprint density at radius 3 is 2.27 bits per heavy atom. The van der Waals surface area contributed by atoms with Gasteiger partial charge in [0, 0.05) is 25.0 Å². The van der Waals surface area contributed by atoms with Crippen molar-refractivity contribution in [1.82, 2.24) is 8.87 Å². The molecule has 0 atom stereocenters. The van der Waals surface area contributed by atoms with E-state index in [0.29, 0.717) is 23.9 Å². The molecule has 1 saturated heterocycles. The second-order valence-corrected chi connectivity index (χ2v) is 13.9. The molecule has 0 amide bonds. The van der Waals surface area contributed by atoms with Crippen molar-refractivity contribution in [3.8, 4) is 11.3 Å². The number of aryl methyl sites for hydroxylation is 1. The van der Waals surface area contributed by atoms with Crippen molar-refractivity contribution < 1.29 is 8.42 Å². The quantitative estimate of drug-likeness (QED) is 0.167. The van der Waals surface area contributed by atoms with Crippen molar-refractivity contribution in [2.24, 2.45) is 10.9 Å². The third-order valence-corrected chi connectivity index (χ3v) is 10.8. The number of unbranched alkanes of at least 4 members (excludes halogenated alkanes) is 3. The summed E-state index contributed by atoms with van der Waals surface area (Å²) < 4.78 is 31.0. The van der Waals surface area contributed by atoms with Gasteiger partial charge in [0.15, 0.2) is 4.80 Å². The second kappa shape index (κ2) is 13.8. The molecular formula is C34H41N3O2S2. The SMILES string of the molecule is CCCCCCn1c(-c2ccc(S(=O)(=O)N3CCC(Cc4ccccc4)CC3)cc2)csc1=Nc1ccc(C)cc1. The Hall–Kier alpha value is -3.00. The fourth-order valence-corrected chi connectivity index (χ4v) is 7.96. The minimum Gasteiger partial charge on any atom is -0.316 e. The lowest BCUT2D eigenvalue weighted by molar-refractivity contribution is 0.273. The maximum atomic E-state index is 13.5. The van der Waals surface area contributed by atoms with Gasteiger partial charge in [-0.25, -0.2) is 13.4 Å². The van der Waals surface area contributed by atoms with Crippen molar-refractivity contribution in [3.63, 3.8) is 0 Å². The predicted octanol–water partition coefficient (Wildman–Crippen LogP) is 7.98. The monoisotopic (exact) mass is 587 g/mol. The highest BCUT2D eigenvalue weighted by atomic mass is 32.2. The summed E-state index contributed by atoms with van der Waals surface area (Å²) in [4.78, 5) is 6.30. The molecule has 0 saturated carbocycles. The molecule has 0 bridgehead atoms. The third-order valence-electron chi connectivity index (χ3n) is 8.02. The number of benzene rings is 3. The number of thiazole rings is 1. The summed E-state index contributed by atoms with van der Waals surface area (Å²) in [6, 6.07) is 26.2. The van der Waals surface area contributed by atoms with Gasteiger partial charge in [-0.2, -0.15) is 4.31 Å². The Morgan fingerprint density at radius 1 is 0.878 bits per heavy atom. The van der Waals surface area contributed by atoms with Crippen molar-refractivity contribution in [3.05, 3.63) is 100 Å². The van der Waals surface area contributed by atoms with E-state index < -0.39 is 10.0 Å². The molecule has 5 nitrogen and oxygen atoms in total. The van der Waals surface area contributed by atoms with Crippen LogP contribution in [0.1, 0.15) is 56.6 Å². The first-order valence-electron chi connectivity index (χ1n) is 14.9. The minimum atomic E-state index is -3.52. The predicted molar refractivity (Wildman–Crippen MR) is 170 cm³/mol. The number of aromatic nitrogens is 1. The molecule has 0 unspecified atom stereocenters. The van der Waals surface area contributed by atoms with Gasteiger partial charge >= 0.3 is 0 Å². The molecule has 1 fully saturated rings. The average molecular weight is 588 g/mol. The van der Waals surface area contributed by atoms with E-state index in [9.17, 15) is 8.42 Å². The summed E-state index contributed by atoms with van der Waals surface area (Å²) in [7, 11) is -3.52. The molecule has 0 radical (unpaired) electrons. The smallest absolute Gasteiger partial charge is 0.243 e. The van der Waals surface area contributed by atoms with Gasteiger partial charge in [0.2, 0.25) is 10.0 Å². The standard InChI is InChI=1S/C34H41N3O2S2/c1-3-4-5-9-22-37-33(26-40-34(37)35-31-16-12-27(2)13-17-31)30-14-18-32(19-15-30)41(38,39)36-23-20-29(21-24-36)25-28-10-7-6-8-11-28/h6-8,10-19,26,29H,3-5,9,20-25H2,1-2H3. The van der Waals surface area contributed by atoms with E-state index in [4.69, 9.17) is 4.99 Å². The van der Waals surface area contributed by atoms with Crippen molar-refractivity contribution in [1.29, 1.82) is 0 Å². The van der Waals surface area contributed by atoms with Crippen LogP contribution in [0.15, 0.2) is 94.1 Å². The minimum absolute atomic E-state index is 0.372. The molecule has 0 N–H and O–H groups in total. The number of rotatable bonds is 11. The van der Waals surface area contributed by atoms with E-state index in [1.54, 1.807) is 27.8 Å². The summed E-state index contributed by atoms with van der Waals surface area (Å²) in [5.41, 5.74) is 5.59. The maximum absolute atomic E-state index is 13.5. The zero-order valence-electron chi connectivity index (χ0n) is 24.2. The van der Waals surface area contributed by atoms with E-state index >= 15 is 0 Å². The fourth-order valence-electron chi connectivity index (χ4n) is 5.54. The third kappa shape index (κ3) is 7.45. The molecule has 4 aromatic rings. The van der Waals surface area contributed by atoms with Crippen LogP contribution in [0.25, 0.3) is 11.3 Å². The Labute approximate surface area is 249 Å². The fraction of sp³-hybridized carbons (Fsp3) is 0.382. The maximum Gasteiger partial charge on any atom is 0.243 e. The zero-order chi connectivity index (χ0) is 28.7. The Balaban J connectivity index is 1.32. The van der Waals surface area contributed by atoms with Gasteiger partial charge in [0.05, 0.1) is 16.3 Å². The van der Waals surface area contributed by atoms with E-state index in [0.717, 1.165) is 54.0 Å². The van der Waals surface area contributed by atoms with E-state index in [-0.39, 0.29) is 0 Å². The molecule has 41 heavy (non-hydrogen) atoms. The molecule has 1 aliphatic rings. The molecule has 2 heterocycles. The number of hydrogen-bond donors (Lipinski definition) is 0. The first kappa shape index (κ1) is 29.5. The van der Waals surface area contributed by atoms with Gasteiger partial charge in [-0.1, -0.05) is 86.3 Å². The summed E-state index contributed by atoms with van der Waals surface area (Å²) in [5.74, 6) is 0.525. The van der Waals surface area contributed by atoms with Crippen molar-refractivity contribution in [2.75, 3.05) is 13.1 Å². The molecule has 216 valence electrons. The molecule has 1 aliphatic heterocycles. The van der Waals surface area contributed by atoms with Crippen LogP contribution in [0.5, 0.6) is 0 Å². The first-order chi connectivity index (χ1) is 19.9. The summed E-state index contributed by atoms with van der Waals surface area (Å²) in [5, 5.41) is 2.15. The Kier molecular flexibility index (Phi) is 9.91. The lowest BCUT2D eigenvalue weighted by Crippen LogP contribution is -2.38. The number of nitrogens with zero attached hydrogens (tertiary/aromatic N) is 3. The Morgan fingerprint density at radius 2 is 1.59 bits per heavy atom. The van der Waals surface area contributed by atoms with Crippen LogP contribution in [-0.4, -0.2) is 30.4 Å². The Bertz CT molecular complexity index is 1560. The molecule has 5 rings (SSSR count). The number of hydrogen-bond acceptors (Lipinski definition) is 4. The summed E-state index contributed by atoms with van der Waals surface area (Å²) in [6.45, 7) is 6.35. The molecule has 0 aliphatic carbocycles. The first-order valence-corrected chi connectivity index (χ1v) is 17.2. The van der Waals surface area contributed by atoms with Gasteiger partial charge < -0.3 is 4.57 Å². The van der Waals surface area contributed by atoms with Gasteiger partial charge in [-0.05, 0) is 73.9 Å². The highest BCUT2D eigenvalue weighted by Gasteiger charge is 2.29. The second-order valence-electron chi connectivity index (χ2n) is 11.1. The molecule has 3 aromatic carbocycles. The van der Waals surface area contributed by atoms with Gasteiger partial charge in [-0.15, -0.1) is 11.3 Å². The molecule has 0 spiro atoms. The van der Waals surface area contributed by atoms with E-state index in [1.807, 2.05) is 18.2 Å². The molecule has 7 heteroatoms. The zero-order valence-corrected chi connectivity index (χ0v) is 25.8. The van der Waals surface area contributed by atoms with Crippen LogP contribution in [-0.2, 0) is 23.0 Å². The highest BCUT2D eigenvalue weighted by molar-refractivity contribution is 7.89. The van der Waals surface area contributed by atoms with Gasteiger partial charge in [0.1, 0.15) is 0 Å². The van der Waals surface area contributed by atoms with E-state index in [1.165, 1.54) is 30.4 Å². The average Bonchev–Trinajstić information content (AvgIpc) is 3.39. The lowest BCUT2D eigenvalue weighted by atomic mass is 9.91. The van der Waals surface area contributed by atoms with Crippen molar-refractivity contribution in [2.45, 2.75) is 70.2 Å². The van der Waals surface area contributed by atoms with E-state index in [2.05, 4.69) is 72.3 Å². The van der Waals surface area contributed by atoms with Crippen LogP contribution in [0, 0.1) is 12.8 Å². The highest BCUT2D eigenvalue weighted by Crippen LogP contribution is 2.28. The lowest BCUT2D eigenvalue weighted by Gasteiger charge is -2.31.